The largest absolute Gasteiger partial charge is 0.396 e. The highest BCUT2D eigenvalue weighted by Crippen LogP contribution is 2.22. The third kappa shape index (κ3) is 5.81. The fraction of sp³-hybridized carbons (Fsp3) is 0.500. The van der Waals surface area contributed by atoms with Crippen molar-refractivity contribution in [2.45, 2.75) is 17.1 Å². The van der Waals surface area contributed by atoms with E-state index in [2.05, 4.69) is 5.32 Å². The summed E-state index contributed by atoms with van der Waals surface area (Å²) in [7, 11) is 0. The summed E-state index contributed by atoms with van der Waals surface area (Å²) in [5.41, 5.74) is 0. The molecule has 1 amide bonds. The van der Waals surface area contributed by atoms with Crippen LogP contribution in [-0.2, 0) is 4.79 Å². The van der Waals surface area contributed by atoms with Gasteiger partial charge in [0.1, 0.15) is 0 Å². The van der Waals surface area contributed by atoms with Gasteiger partial charge in [-0.05, 0) is 24.3 Å². The number of carbonyl (C=O) groups is 1. The minimum atomic E-state index is 0.0614. The second kappa shape index (κ2) is 7.73. The van der Waals surface area contributed by atoms with Crippen LogP contribution in [-0.4, -0.2) is 29.9 Å². The molecule has 2 N–H and O–H groups in total. The van der Waals surface area contributed by atoms with E-state index >= 15 is 0 Å². The van der Waals surface area contributed by atoms with Crippen molar-refractivity contribution < 1.29 is 9.90 Å². The Labute approximate surface area is 97.9 Å². The molecule has 0 fully saturated rings. The van der Waals surface area contributed by atoms with Crippen molar-refractivity contribution in [2.75, 3.05) is 18.9 Å². The van der Waals surface area contributed by atoms with Gasteiger partial charge in [-0.15, -0.1) is 23.1 Å². The first-order valence-corrected chi connectivity index (χ1v) is 6.73. The lowest BCUT2D eigenvalue weighted by Gasteiger charge is -2.03. The van der Waals surface area contributed by atoms with Crippen molar-refractivity contribution in [1.82, 2.24) is 5.32 Å². The molecule has 84 valence electrons. The Hall–Kier alpha value is -0.520. The fourth-order valence-electron chi connectivity index (χ4n) is 0.998. The number of hydrogen-bond acceptors (Lipinski definition) is 4. The van der Waals surface area contributed by atoms with Gasteiger partial charge in [0.05, 0.1) is 9.96 Å². The minimum Gasteiger partial charge on any atom is -0.396 e. The predicted molar refractivity (Wildman–Crippen MR) is 64.4 cm³/mol. The van der Waals surface area contributed by atoms with Crippen molar-refractivity contribution in [3.63, 3.8) is 0 Å². The summed E-state index contributed by atoms with van der Waals surface area (Å²) in [6, 6.07) is 3.99. The van der Waals surface area contributed by atoms with Gasteiger partial charge in [-0.25, -0.2) is 0 Å². The average Bonchev–Trinajstić information content (AvgIpc) is 2.74. The van der Waals surface area contributed by atoms with Gasteiger partial charge in [-0.3, -0.25) is 4.79 Å². The monoisotopic (exact) mass is 245 g/mol. The summed E-state index contributed by atoms with van der Waals surface area (Å²) in [6.07, 6.45) is 1.59. The maximum Gasteiger partial charge on any atom is 0.230 e. The van der Waals surface area contributed by atoms with E-state index < -0.39 is 0 Å². The fourth-order valence-corrected chi connectivity index (χ4v) is 2.61. The van der Waals surface area contributed by atoms with Crippen LogP contribution >= 0.6 is 23.1 Å². The lowest BCUT2D eigenvalue weighted by molar-refractivity contribution is -0.118. The van der Waals surface area contributed by atoms with Crippen LogP contribution in [0.2, 0.25) is 0 Å². The second-order valence-corrected chi connectivity index (χ2v) is 5.22. The topological polar surface area (TPSA) is 49.3 Å². The van der Waals surface area contributed by atoms with Crippen molar-refractivity contribution in [1.29, 1.82) is 0 Å². The molecule has 0 unspecified atom stereocenters. The van der Waals surface area contributed by atoms with Gasteiger partial charge < -0.3 is 10.4 Å². The first kappa shape index (κ1) is 12.5. The summed E-state index contributed by atoms with van der Waals surface area (Å²) in [6.45, 7) is 0.851. The van der Waals surface area contributed by atoms with Crippen LogP contribution in [0.15, 0.2) is 21.7 Å². The molecule has 0 saturated carbocycles. The van der Waals surface area contributed by atoms with Crippen LogP contribution in [0.5, 0.6) is 0 Å². The Morgan fingerprint density at radius 1 is 1.53 bits per heavy atom. The summed E-state index contributed by atoms with van der Waals surface area (Å²) < 4.78 is 1.17. The van der Waals surface area contributed by atoms with Crippen molar-refractivity contribution in [2.24, 2.45) is 0 Å². The smallest absolute Gasteiger partial charge is 0.230 e. The number of thiophene rings is 1. The number of unbranched alkanes of at least 4 members (excludes halogenated alkanes) is 1. The van der Waals surface area contributed by atoms with E-state index in [4.69, 9.17) is 5.11 Å². The Bertz CT molecular complexity index is 275. The van der Waals surface area contributed by atoms with Crippen LogP contribution in [0, 0.1) is 0 Å². The molecule has 0 saturated heterocycles. The van der Waals surface area contributed by atoms with Crippen LogP contribution in [0.4, 0.5) is 0 Å². The van der Waals surface area contributed by atoms with Crippen LogP contribution in [0.3, 0.4) is 0 Å². The summed E-state index contributed by atoms with van der Waals surface area (Å²) >= 11 is 3.20. The molecule has 1 rings (SSSR count). The van der Waals surface area contributed by atoms with E-state index in [1.54, 1.807) is 23.1 Å². The Morgan fingerprint density at radius 3 is 3.07 bits per heavy atom. The molecule has 15 heavy (non-hydrogen) atoms. The Kier molecular flexibility index (Phi) is 6.47. The van der Waals surface area contributed by atoms with Crippen LogP contribution in [0.25, 0.3) is 0 Å². The van der Waals surface area contributed by atoms with Gasteiger partial charge >= 0.3 is 0 Å². The molecule has 3 nitrogen and oxygen atoms in total. The standard InChI is InChI=1S/C10H15NO2S2/c12-6-2-1-5-11-9(13)8-15-10-4-3-7-14-10/h3-4,7,12H,1-2,5-6,8H2,(H,11,13). The molecular formula is C10H15NO2S2. The summed E-state index contributed by atoms with van der Waals surface area (Å²) in [5.74, 6) is 0.533. The zero-order chi connectivity index (χ0) is 10.9. The first-order chi connectivity index (χ1) is 7.33. The molecule has 0 bridgehead atoms. The number of nitrogens with one attached hydrogen (secondary N) is 1. The molecule has 0 aliphatic rings. The molecule has 0 spiro atoms. The Balaban J connectivity index is 2.04. The van der Waals surface area contributed by atoms with Gasteiger partial charge in [0.25, 0.3) is 0 Å². The van der Waals surface area contributed by atoms with Gasteiger partial charge in [-0.1, -0.05) is 6.07 Å². The highest BCUT2D eigenvalue weighted by molar-refractivity contribution is 8.01. The summed E-state index contributed by atoms with van der Waals surface area (Å²) in [5, 5.41) is 13.4. The third-order valence-corrected chi connectivity index (χ3v) is 3.88. The molecule has 0 aromatic carbocycles. The number of aliphatic hydroxyl groups excluding tert-OH is 1. The Morgan fingerprint density at radius 2 is 2.40 bits per heavy atom. The number of aliphatic hydroxyl groups is 1. The lowest BCUT2D eigenvalue weighted by atomic mass is 10.3. The predicted octanol–water partition coefficient (Wildman–Crippen LogP) is 1.73. The number of hydrogen-bond donors (Lipinski definition) is 2. The van der Waals surface area contributed by atoms with Crippen LogP contribution < -0.4 is 5.32 Å². The molecule has 0 aliphatic heterocycles. The van der Waals surface area contributed by atoms with E-state index in [1.807, 2.05) is 17.5 Å². The number of carbonyl (C=O) groups excluding carboxylic acids is 1. The molecule has 5 heteroatoms. The van der Waals surface area contributed by atoms with E-state index in [0.717, 1.165) is 12.8 Å². The first-order valence-electron chi connectivity index (χ1n) is 4.87. The maximum atomic E-state index is 11.3. The highest BCUT2D eigenvalue weighted by atomic mass is 32.2. The molecular weight excluding hydrogens is 230 g/mol. The molecule has 1 aromatic heterocycles. The zero-order valence-electron chi connectivity index (χ0n) is 8.44. The zero-order valence-corrected chi connectivity index (χ0v) is 10.1. The van der Waals surface area contributed by atoms with E-state index in [1.165, 1.54) is 4.21 Å². The summed E-state index contributed by atoms with van der Waals surface area (Å²) in [4.78, 5) is 11.3. The minimum absolute atomic E-state index is 0.0614. The van der Waals surface area contributed by atoms with Gasteiger partial charge in [0.2, 0.25) is 5.91 Å². The highest BCUT2D eigenvalue weighted by Gasteiger charge is 2.02. The van der Waals surface area contributed by atoms with E-state index in [0.29, 0.717) is 12.3 Å². The molecule has 0 aliphatic carbocycles. The van der Waals surface area contributed by atoms with Crippen molar-refractivity contribution >= 4 is 29.0 Å². The SMILES string of the molecule is O=C(CSc1cccs1)NCCCCO. The van der Waals surface area contributed by atoms with Crippen LogP contribution in [0.1, 0.15) is 12.8 Å². The average molecular weight is 245 g/mol. The lowest BCUT2D eigenvalue weighted by Crippen LogP contribution is -2.26. The number of rotatable bonds is 7. The van der Waals surface area contributed by atoms with Crippen molar-refractivity contribution in [3.05, 3.63) is 17.5 Å². The number of thioether (sulfide) groups is 1. The van der Waals surface area contributed by atoms with Gasteiger partial charge in [0, 0.05) is 13.2 Å². The van der Waals surface area contributed by atoms with E-state index in [-0.39, 0.29) is 12.5 Å². The van der Waals surface area contributed by atoms with Crippen molar-refractivity contribution in [3.8, 4) is 0 Å². The number of amides is 1. The quantitative estimate of drug-likeness (QED) is 0.568. The molecule has 1 aromatic rings. The normalized spacial score (nSPS) is 10.2. The van der Waals surface area contributed by atoms with E-state index in [9.17, 15) is 4.79 Å². The molecule has 0 atom stereocenters. The molecule has 0 radical (unpaired) electrons. The third-order valence-electron chi connectivity index (χ3n) is 1.75. The maximum absolute atomic E-state index is 11.3. The van der Waals surface area contributed by atoms with Gasteiger partial charge in [-0.2, -0.15) is 0 Å². The molecule has 1 heterocycles. The second-order valence-electron chi connectivity index (χ2n) is 3.00. The van der Waals surface area contributed by atoms with Gasteiger partial charge in [0.15, 0.2) is 0 Å².